The first-order chi connectivity index (χ1) is 16.5. The summed E-state index contributed by atoms with van der Waals surface area (Å²) in [5.41, 5.74) is 2.51. The number of anilines is 1. The summed E-state index contributed by atoms with van der Waals surface area (Å²) in [5.74, 6) is 0.0843. The van der Waals surface area contributed by atoms with Gasteiger partial charge >= 0.3 is 0 Å². The van der Waals surface area contributed by atoms with Crippen molar-refractivity contribution in [2.75, 3.05) is 38.0 Å². The van der Waals surface area contributed by atoms with E-state index in [0.717, 1.165) is 42.7 Å². The summed E-state index contributed by atoms with van der Waals surface area (Å²) in [6.45, 7) is 5.17. The van der Waals surface area contributed by atoms with Crippen LogP contribution in [-0.4, -0.2) is 66.3 Å². The number of piperidine rings is 2. The summed E-state index contributed by atoms with van der Waals surface area (Å²) in [5, 5.41) is 6.12. The number of likely N-dealkylation sites (tertiary alicyclic amines) is 2. The van der Waals surface area contributed by atoms with Crippen LogP contribution < -0.4 is 10.6 Å². The van der Waals surface area contributed by atoms with E-state index >= 15 is 0 Å². The molecule has 0 unspecified atom stereocenters. The van der Waals surface area contributed by atoms with Crippen molar-refractivity contribution in [3.8, 4) is 0 Å². The zero-order valence-electron chi connectivity index (χ0n) is 19.8. The molecule has 7 heteroatoms. The van der Waals surface area contributed by atoms with Gasteiger partial charge in [0.15, 0.2) is 0 Å². The molecule has 2 aliphatic heterocycles. The lowest BCUT2D eigenvalue weighted by molar-refractivity contribution is -0.135. The molecule has 2 heterocycles. The van der Waals surface area contributed by atoms with Crippen molar-refractivity contribution < 1.29 is 14.4 Å². The molecule has 34 heavy (non-hydrogen) atoms. The van der Waals surface area contributed by atoms with Gasteiger partial charge < -0.3 is 15.5 Å². The molecule has 0 radical (unpaired) electrons. The van der Waals surface area contributed by atoms with Crippen molar-refractivity contribution in [3.63, 3.8) is 0 Å². The fraction of sp³-hybridized carbons (Fsp3) is 0.444. The van der Waals surface area contributed by atoms with Crippen molar-refractivity contribution >= 4 is 23.4 Å². The number of carbonyl (C=O) groups is 3. The molecule has 2 saturated heterocycles. The first-order valence-electron chi connectivity index (χ1n) is 12.2. The molecular formula is C27H34N4O3. The predicted octanol–water partition coefficient (Wildman–Crippen LogP) is 3.07. The minimum absolute atomic E-state index is 0.0215. The number of nitrogens with zero attached hydrogens (tertiary/aromatic N) is 2. The van der Waals surface area contributed by atoms with Crippen molar-refractivity contribution in [2.24, 2.45) is 5.92 Å². The number of carbonyl (C=O) groups excluding carboxylic acids is 3. The van der Waals surface area contributed by atoms with Gasteiger partial charge in [-0.25, -0.2) is 0 Å². The second-order valence-corrected chi connectivity index (χ2v) is 9.35. The Morgan fingerprint density at radius 3 is 2.18 bits per heavy atom. The average molecular weight is 463 g/mol. The lowest BCUT2D eigenvalue weighted by Crippen LogP contribution is -2.49. The molecule has 4 rings (SSSR count). The standard InChI is InChI=1S/C27H34N4O3/c1-20-7-5-6-10-24(20)27(34)29-23-13-15-30(16-14-23)19-25(32)31-17-11-21(12-18-31)26(33)28-22-8-3-2-4-9-22/h2-10,21,23H,11-19H2,1H3,(H,28,33)(H,29,34). The fourth-order valence-corrected chi connectivity index (χ4v) is 4.77. The van der Waals surface area contributed by atoms with Crippen molar-refractivity contribution in [2.45, 2.75) is 38.6 Å². The van der Waals surface area contributed by atoms with Crippen LogP contribution >= 0.6 is 0 Å². The molecule has 2 aromatic carbocycles. The summed E-state index contributed by atoms with van der Waals surface area (Å²) in [6.07, 6.45) is 3.06. The number of hydrogen-bond donors (Lipinski definition) is 2. The average Bonchev–Trinajstić information content (AvgIpc) is 2.86. The lowest BCUT2D eigenvalue weighted by Gasteiger charge is -2.35. The van der Waals surface area contributed by atoms with E-state index < -0.39 is 0 Å². The Balaban J connectivity index is 1.17. The Hall–Kier alpha value is -3.19. The minimum Gasteiger partial charge on any atom is -0.349 e. The quantitative estimate of drug-likeness (QED) is 0.691. The molecule has 2 aromatic rings. The summed E-state index contributed by atoms with van der Waals surface area (Å²) >= 11 is 0. The van der Waals surface area contributed by atoms with Crippen LogP contribution in [0.25, 0.3) is 0 Å². The third-order valence-corrected chi connectivity index (χ3v) is 6.93. The van der Waals surface area contributed by atoms with Crippen LogP contribution in [0.2, 0.25) is 0 Å². The van der Waals surface area contributed by atoms with Crippen molar-refractivity contribution in [1.29, 1.82) is 0 Å². The molecule has 0 aromatic heterocycles. The lowest BCUT2D eigenvalue weighted by atomic mass is 9.95. The highest BCUT2D eigenvalue weighted by molar-refractivity contribution is 5.95. The summed E-state index contributed by atoms with van der Waals surface area (Å²) in [6, 6.07) is 17.2. The molecule has 0 spiro atoms. The smallest absolute Gasteiger partial charge is 0.251 e. The molecule has 7 nitrogen and oxygen atoms in total. The van der Waals surface area contributed by atoms with Gasteiger partial charge in [0.25, 0.3) is 5.91 Å². The Morgan fingerprint density at radius 2 is 1.50 bits per heavy atom. The van der Waals surface area contributed by atoms with Gasteiger partial charge in [-0.1, -0.05) is 36.4 Å². The molecule has 0 atom stereocenters. The van der Waals surface area contributed by atoms with E-state index in [1.807, 2.05) is 66.4 Å². The highest BCUT2D eigenvalue weighted by atomic mass is 16.2. The molecule has 0 bridgehead atoms. The topological polar surface area (TPSA) is 81.8 Å². The van der Waals surface area contributed by atoms with Crippen molar-refractivity contribution in [3.05, 3.63) is 65.7 Å². The third kappa shape index (κ3) is 6.23. The van der Waals surface area contributed by atoms with Gasteiger partial charge in [-0.3, -0.25) is 19.3 Å². The maximum Gasteiger partial charge on any atom is 0.251 e. The van der Waals surface area contributed by atoms with Crippen LogP contribution in [0, 0.1) is 12.8 Å². The number of hydrogen-bond acceptors (Lipinski definition) is 4. The summed E-state index contributed by atoms with van der Waals surface area (Å²) < 4.78 is 0. The predicted molar refractivity (Wildman–Crippen MR) is 132 cm³/mol. The van der Waals surface area contributed by atoms with Crippen LogP contribution in [-0.2, 0) is 9.59 Å². The number of nitrogens with one attached hydrogen (secondary N) is 2. The van der Waals surface area contributed by atoms with Crippen LogP contribution in [0.1, 0.15) is 41.6 Å². The largest absolute Gasteiger partial charge is 0.349 e. The van der Waals surface area contributed by atoms with E-state index in [4.69, 9.17) is 0 Å². The van der Waals surface area contributed by atoms with Gasteiger partial charge in [0.05, 0.1) is 6.54 Å². The Kier molecular flexibility index (Phi) is 7.95. The second-order valence-electron chi connectivity index (χ2n) is 9.35. The summed E-state index contributed by atoms with van der Waals surface area (Å²) in [7, 11) is 0. The molecule has 2 fully saturated rings. The zero-order valence-corrected chi connectivity index (χ0v) is 19.8. The minimum atomic E-state index is -0.0585. The maximum atomic E-state index is 12.8. The number of amides is 3. The van der Waals surface area contributed by atoms with E-state index in [2.05, 4.69) is 15.5 Å². The van der Waals surface area contributed by atoms with E-state index in [-0.39, 0.29) is 29.7 Å². The van der Waals surface area contributed by atoms with Gasteiger partial charge in [-0.2, -0.15) is 0 Å². The summed E-state index contributed by atoms with van der Waals surface area (Å²) in [4.78, 5) is 42.0. The zero-order chi connectivity index (χ0) is 23.9. The van der Waals surface area contributed by atoms with E-state index in [0.29, 0.717) is 32.5 Å². The van der Waals surface area contributed by atoms with Crippen LogP contribution in [0.3, 0.4) is 0 Å². The maximum absolute atomic E-state index is 12.8. The van der Waals surface area contributed by atoms with Crippen LogP contribution in [0.15, 0.2) is 54.6 Å². The van der Waals surface area contributed by atoms with Gasteiger partial charge in [-0.05, 0) is 56.4 Å². The van der Waals surface area contributed by atoms with Crippen LogP contribution in [0.4, 0.5) is 5.69 Å². The Bertz CT molecular complexity index is 994. The van der Waals surface area contributed by atoms with E-state index in [9.17, 15) is 14.4 Å². The molecule has 0 aliphatic carbocycles. The fourth-order valence-electron chi connectivity index (χ4n) is 4.77. The van der Waals surface area contributed by atoms with Gasteiger partial charge in [0, 0.05) is 49.4 Å². The van der Waals surface area contributed by atoms with E-state index in [1.54, 1.807) is 0 Å². The molecule has 0 saturated carbocycles. The molecule has 3 amide bonds. The number of rotatable bonds is 6. The van der Waals surface area contributed by atoms with Crippen molar-refractivity contribution in [1.82, 2.24) is 15.1 Å². The second kappa shape index (κ2) is 11.3. The highest BCUT2D eigenvalue weighted by Gasteiger charge is 2.29. The first kappa shape index (κ1) is 24.0. The molecule has 180 valence electrons. The highest BCUT2D eigenvalue weighted by Crippen LogP contribution is 2.20. The molecular weight excluding hydrogens is 428 g/mol. The number of benzene rings is 2. The molecule has 2 N–H and O–H groups in total. The van der Waals surface area contributed by atoms with Crippen LogP contribution in [0.5, 0.6) is 0 Å². The van der Waals surface area contributed by atoms with E-state index in [1.165, 1.54) is 0 Å². The Labute approximate surface area is 201 Å². The number of aryl methyl sites for hydroxylation is 1. The SMILES string of the molecule is Cc1ccccc1C(=O)NC1CCN(CC(=O)N2CCC(C(=O)Nc3ccccc3)CC2)CC1. The first-order valence-corrected chi connectivity index (χ1v) is 12.2. The monoisotopic (exact) mass is 462 g/mol. The van der Waals surface area contributed by atoms with Gasteiger partial charge in [-0.15, -0.1) is 0 Å². The third-order valence-electron chi connectivity index (χ3n) is 6.93. The van der Waals surface area contributed by atoms with Gasteiger partial charge in [0.1, 0.15) is 0 Å². The normalized spacial score (nSPS) is 17.9. The number of para-hydroxylation sites is 1. The van der Waals surface area contributed by atoms with Gasteiger partial charge in [0.2, 0.25) is 11.8 Å². The molecule has 2 aliphatic rings. The Morgan fingerprint density at radius 1 is 0.853 bits per heavy atom.